The summed E-state index contributed by atoms with van der Waals surface area (Å²) >= 11 is 0. The molecule has 0 bridgehead atoms. The first-order valence-corrected chi connectivity index (χ1v) is 6.19. The normalized spacial score (nSPS) is 11.8. The van der Waals surface area contributed by atoms with E-state index >= 15 is 0 Å². The van der Waals surface area contributed by atoms with Crippen molar-refractivity contribution in [2.45, 2.75) is 12.8 Å². The quantitative estimate of drug-likeness (QED) is 0.636. The van der Waals surface area contributed by atoms with Crippen molar-refractivity contribution in [3.05, 3.63) is 59.9 Å². The second-order valence-electron chi connectivity index (χ2n) is 4.43. The van der Waals surface area contributed by atoms with Gasteiger partial charge >= 0.3 is 0 Å². The zero-order valence-corrected chi connectivity index (χ0v) is 10.7. The number of ketones is 1. The van der Waals surface area contributed by atoms with E-state index in [0.29, 0.717) is 12.2 Å². The molecule has 98 valence electrons. The molecule has 4 heteroatoms. The highest BCUT2D eigenvalue weighted by Gasteiger charge is 2.17. The number of hydrogen-bond acceptors (Lipinski definition) is 2. The highest BCUT2D eigenvalue weighted by Crippen LogP contribution is 2.12. The lowest BCUT2D eigenvalue weighted by molar-refractivity contribution is -0.117. The van der Waals surface area contributed by atoms with Crippen molar-refractivity contribution < 1.29 is 9.59 Å². The van der Waals surface area contributed by atoms with Crippen LogP contribution in [-0.4, -0.2) is 23.2 Å². The molecular weight excluding hydrogens is 240 g/mol. The van der Waals surface area contributed by atoms with Gasteiger partial charge in [-0.05, 0) is 23.6 Å². The lowest BCUT2D eigenvalue weighted by Gasteiger charge is -2.12. The van der Waals surface area contributed by atoms with Gasteiger partial charge in [-0.15, -0.1) is 0 Å². The minimum Gasteiger partial charge on any atom is -0.358 e. The zero-order chi connectivity index (χ0) is 13.7. The Balaban J connectivity index is 1.89. The van der Waals surface area contributed by atoms with Crippen molar-refractivity contribution in [1.82, 2.24) is 10.3 Å². The van der Waals surface area contributed by atoms with Crippen LogP contribution < -0.4 is 5.32 Å². The molecule has 0 aliphatic heterocycles. The summed E-state index contributed by atoms with van der Waals surface area (Å²) in [4.78, 5) is 26.1. The minimum atomic E-state index is -0.578. The van der Waals surface area contributed by atoms with Crippen LogP contribution in [0.1, 0.15) is 28.9 Å². The van der Waals surface area contributed by atoms with Crippen LogP contribution in [0, 0.1) is 0 Å². The molecule has 0 saturated heterocycles. The molecule has 0 radical (unpaired) electrons. The Hall–Kier alpha value is -2.36. The SMILES string of the molecule is C[C@H](CNC(=O)C(=O)c1ccc[nH]1)c1ccccc1. The first-order valence-electron chi connectivity index (χ1n) is 6.19. The van der Waals surface area contributed by atoms with E-state index < -0.39 is 11.7 Å². The van der Waals surface area contributed by atoms with Crippen molar-refractivity contribution in [1.29, 1.82) is 0 Å². The molecule has 19 heavy (non-hydrogen) atoms. The van der Waals surface area contributed by atoms with E-state index in [1.165, 1.54) is 0 Å². The molecular formula is C15H16N2O2. The van der Waals surface area contributed by atoms with Gasteiger partial charge in [-0.25, -0.2) is 0 Å². The number of hydrogen-bond donors (Lipinski definition) is 2. The van der Waals surface area contributed by atoms with E-state index in [2.05, 4.69) is 10.3 Å². The maximum atomic E-state index is 11.7. The number of H-pyrrole nitrogens is 1. The molecule has 1 amide bonds. The number of rotatable bonds is 5. The number of benzene rings is 1. The lowest BCUT2D eigenvalue weighted by atomic mass is 10.0. The van der Waals surface area contributed by atoms with Crippen molar-refractivity contribution >= 4 is 11.7 Å². The molecule has 2 aromatic rings. The van der Waals surface area contributed by atoms with Crippen LogP contribution in [0.3, 0.4) is 0 Å². The first kappa shape index (κ1) is 13.1. The number of nitrogens with one attached hydrogen (secondary N) is 2. The summed E-state index contributed by atoms with van der Waals surface area (Å²) in [5, 5.41) is 2.66. The summed E-state index contributed by atoms with van der Waals surface area (Å²) in [6, 6.07) is 13.1. The van der Waals surface area contributed by atoms with E-state index in [-0.39, 0.29) is 5.92 Å². The van der Waals surface area contributed by atoms with Gasteiger partial charge in [-0.3, -0.25) is 9.59 Å². The van der Waals surface area contributed by atoms with Gasteiger partial charge in [0, 0.05) is 12.7 Å². The average molecular weight is 256 g/mol. The molecule has 0 aliphatic rings. The van der Waals surface area contributed by atoms with Crippen molar-refractivity contribution in [3.8, 4) is 0 Å². The molecule has 1 atom stereocenters. The van der Waals surface area contributed by atoms with Crippen LogP contribution in [0.4, 0.5) is 0 Å². The van der Waals surface area contributed by atoms with Gasteiger partial charge in [0.25, 0.3) is 11.7 Å². The third-order valence-corrected chi connectivity index (χ3v) is 2.99. The average Bonchev–Trinajstić information content (AvgIpc) is 2.98. The second kappa shape index (κ2) is 6.00. The summed E-state index contributed by atoms with van der Waals surface area (Å²) < 4.78 is 0. The van der Waals surface area contributed by atoms with Crippen molar-refractivity contribution in [2.24, 2.45) is 0 Å². The van der Waals surface area contributed by atoms with Crippen LogP contribution in [0.2, 0.25) is 0 Å². The maximum absolute atomic E-state index is 11.7. The van der Waals surface area contributed by atoms with Gasteiger partial charge in [0.2, 0.25) is 0 Å². The smallest absolute Gasteiger partial charge is 0.294 e. The fraction of sp³-hybridized carbons (Fsp3) is 0.200. The van der Waals surface area contributed by atoms with Crippen LogP contribution in [-0.2, 0) is 4.79 Å². The van der Waals surface area contributed by atoms with Gasteiger partial charge < -0.3 is 10.3 Å². The molecule has 1 aromatic heterocycles. The molecule has 2 rings (SSSR count). The summed E-state index contributed by atoms with van der Waals surface area (Å²) in [7, 11) is 0. The summed E-state index contributed by atoms with van der Waals surface area (Å²) in [6.45, 7) is 2.45. The van der Waals surface area contributed by atoms with E-state index in [9.17, 15) is 9.59 Å². The first-order chi connectivity index (χ1) is 9.18. The van der Waals surface area contributed by atoms with Crippen molar-refractivity contribution in [3.63, 3.8) is 0 Å². The topological polar surface area (TPSA) is 62.0 Å². The standard InChI is InChI=1S/C15H16N2O2/c1-11(12-6-3-2-4-7-12)10-17-15(19)14(18)13-8-5-9-16-13/h2-9,11,16H,10H2,1H3,(H,17,19)/t11-/m1/s1. The minimum absolute atomic E-state index is 0.168. The highest BCUT2D eigenvalue weighted by molar-refractivity contribution is 6.42. The van der Waals surface area contributed by atoms with Gasteiger partial charge in [0.15, 0.2) is 0 Å². The number of aromatic nitrogens is 1. The molecule has 0 unspecified atom stereocenters. The third-order valence-electron chi connectivity index (χ3n) is 2.99. The van der Waals surface area contributed by atoms with Gasteiger partial charge in [0.1, 0.15) is 0 Å². The van der Waals surface area contributed by atoms with Gasteiger partial charge in [-0.2, -0.15) is 0 Å². The Kier molecular flexibility index (Phi) is 4.13. The number of amides is 1. The molecule has 0 aliphatic carbocycles. The molecule has 1 aromatic carbocycles. The number of aromatic amines is 1. The van der Waals surface area contributed by atoms with Crippen LogP contribution in [0.5, 0.6) is 0 Å². The number of carbonyl (C=O) groups is 2. The number of Topliss-reactive ketones (excluding diaryl/α,β-unsaturated/α-hetero) is 1. The summed E-state index contributed by atoms with van der Waals surface area (Å²) in [6.07, 6.45) is 1.62. The van der Waals surface area contributed by atoms with Crippen LogP contribution >= 0.6 is 0 Å². The van der Waals surface area contributed by atoms with Crippen LogP contribution in [0.25, 0.3) is 0 Å². The molecule has 0 saturated carbocycles. The summed E-state index contributed by atoms with van der Waals surface area (Å²) in [5.74, 6) is -0.947. The van der Waals surface area contributed by atoms with E-state index in [1.807, 2.05) is 37.3 Å². The monoisotopic (exact) mass is 256 g/mol. The Morgan fingerprint density at radius 2 is 1.89 bits per heavy atom. The Morgan fingerprint density at radius 1 is 1.16 bits per heavy atom. The molecule has 1 heterocycles. The zero-order valence-electron chi connectivity index (χ0n) is 10.7. The lowest BCUT2D eigenvalue weighted by Crippen LogP contribution is -2.33. The number of carbonyl (C=O) groups excluding carboxylic acids is 2. The predicted octanol–water partition coefficient (Wildman–Crippen LogP) is 2.12. The van der Waals surface area contributed by atoms with E-state index in [4.69, 9.17) is 0 Å². The van der Waals surface area contributed by atoms with E-state index in [1.54, 1.807) is 18.3 Å². The highest BCUT2D eigenvalue weighted by atomic mass is 16.2. The fourth-order valence-electron chi connectivity index (χ4n) is 1.82. The molecule has 0 fully saturated rings. The molecule has 2 N–H and O–H groups in total. The maximum Gasteiger partial charge on any atom is 0.294 e. The Bertz CT molecular complexity index is 547. The van der Waals surface area contributed by atoms with E-state index in [0.717, 1.165) is 5.56 Å². The third kappa shape index (κ3) is 3.31. The van der Waals surface area contributed by atoms with Gasteiger partial charge in [-0.1, -0.05) is 37.3 Å². The van der Waals surface area contributed by atoms with Gasteiger partial charge in [0.05, 0.1) is 5.69 Å². The van der Waals surface area contributed by atoms with Crippen molar-refractivity contribution in [2.75, 3.05) is 6.54 Å². The Morgan fingerprint density at radius 3 is 2.53 bits per heavy atom. The van der Waals surface area contributed by atoms with Crippen LogP contribution in [0.15, 0.2) is 48.7 Å². The fourth-order valence-corrected chi connectivity index (χ4v) is 1.82. The summed E-state index contributed by atoms with van der Waals surface area (Å²) in [5.41, 5.74) is 1.44. The second-order valence-corrected chi connectivity index (χ2v) is 4.43. The Labute approximate surface area is 111 Å². The molecule has 0 spiro atoms. The molecule has 4 nitrogen and oxygen atoms in total. The largest absolute Gasteiger partial charge is 0.358 e. The predicted molar refractivity (Wildman–Crippen MR) is 73.0 cm³/mol.